The summed E-state index contributed by atoms with van der Waals surface area (Å²) in [6.07, 6.45) is 1.37. The van der Waals surface area contributed by atoms with Crippen LogP contribution in [0.2, 0.25) is 0 Å². The van der Waals surface area contributed by atoms with E-state index in [2.05, 4.69) is 37.0 Å². The third-order valence-corrected chi connectivity index (χ3v) is 3.26. The molecule has 0 fully saturated rings. The molecule has 0 amide bonds. The van der Waals surface area contributed by atoms with Crippen LogP contribution in [0.4, 0.5) is 4.39 Å². The van der Waals surface area contributed by atoms with Gasteiger partial charge in [-0.25, -0.2) is 13.9 Å². The van der Waals surface area contributed by atoms with E-state index in [4.69, 9.17) is 5.11 Å². The molecule has 0 unspecified atom stereocenters. The van der Waals surface area contributed by atoms with Gasteiger partial charge < -0.3 is 5.11 Å². The number of aromatic carboxylic acids is 1. The summed E-state index contributed by atoms with van der Waals surface area (Å²) in [6, 6.07) is 3.85. The van der Waals surface area contributed by atoms with Crippen LogP contribution in [0.25, 0.3) is 5.69 Å². The first kappa shape index (κ1) is 12.3. The summed E-state index contributed by atoms with van der Waals surface area (Å²) in [5.74, 6) is -1.54. The Kier molecular flexibility index (Phi) is 3.30. The molecule has 0 saturated heterocycles. The zero-order valence-electron chi connectivity index (χ0n) is 8.19. The van der Waals surface area contributed by atoms with E-state index in [0.717, 1.165) is 0 Å². The molecule has 1 aromatic heterocycles. The molecule has 7 heteroatoms. The molecule has 2 aromatic rings. The molecule has 0 aliphatic rings. The van der Waals surface area contributed by atoms with E-state index in [1.807, 2.05) is 0 Å². The SMILES string of the molecule is O=C(O)c1ccnn1-c1c(Br)cc(F)cc1Br. The molecule has 0 aliphatic carbocycles. The Labute approximate surface area is 112 Å². The summed E-state index contributed by atoms with van der Waals surface area (Å²) >= 11 is 6.36. The van der Waals surface area contributed by atoms with E-state index in [9.17, 15) is 9.18 Å². The summed E-state index contributed by atoms with van der Waals surface area (Å²) in [5, 5.41) is 12.9. The van der Waals surface area contributed by atoms with Gasteiger partial charge in [0.1, 0.15) is 5.82 Å². The molecule has 0 spiro atoms. The molecule has 0 radical (unpaired) electrons. The van der Waals surface area contributed by atoms with Gasteiger partial charge in [0.25, 0.3) is 0 Å². The highest BCUT2D eigenvalue weighted by Crippen LogP contribution is 2.30. The first-order valence-corrected chi connectivity index (χ1v) is 6.01. The monoisotopic (exact) mass is 362 g/mol. The lowest BCUT2D eigenvalue weighted by Gasteiger charge is -2.09. The van der Waals surface area contributed by atoms with Crippen LogP contribution in [0.3, 0.4) is 0 Å². The Morgan fingerprint density at radius 1 is 1.35 bits per heavy atom. The van der Waals surface area contributed by atoms with Gasteiger partial charge in [-0.1, -0.05) is 0 Å². The highest BCUT2D eigenvalue weighted by atomic mass is 79.9. The number of nitrogens with zero attached hydrogens (tertiary/aromatic N) is 2. The van der Waals surface area contributed by atoms with Gasteiger partial charge in [-0.3, -0.25) is 0 Å². The van der Waals surface area contributed by atoms with E-state index < -0.39 is 11.8 Å². The Morgan fingerprint density at radius 3 is 2.47 bits per heavy atom. The molecule has 4 nitrogen and oxygen atoms in total. The van der Waals surface area contributed by atoms with Crippen LogP contribution in [-0.2, 0) is 0 Å². The maximum atomic E-state index is 13.1. The second-order valence-corrected chi connectivity index (χ2v) is 4.86. The second-order valence-electron chi connectivity index (χ2n) is 3.15. The Morgan fingerprint density at radius 2 is 1.94 bits per heavy atom. The first-order chi connectivity index (χ1) is 8.00. The first-order valence-electron chi connectivity index (χ1n) is 4.43. The Hall–Kier alpha value is -1.21. The maximum absolute atomic E-state index is 13.1. The number of carboxylic acid groups (broad SMARTS) is 1. The fourth-order valence-electron chi connectivity index (χ4n) is 1.38. The average molecular weight is 364 g/mol. The van der Waals surface area contributed by atoms with Crippen LogP contribution in [0, 0.1) is 5.82 Å². The van der Waals surface area contributed by atoms with Gasteiger partial charge in [-0.2, -0.15) is 5.10 Å². The molecule has 88 valence electrons. The van der Waals surface area contributed by atoms with Crippen molar-refractivity contribution in [1.82, 2.24) is 9.78 Å². The van der Waals surface area contributed by atoms with Crippen molar-refractivity contribution in [3.63, 3.8) is 0 Å². The zero-order chi connectivity index (χ0) is 12.6. The van der Waals surface area contributed by atoms with Crippen molar-refractivity contribution in [2.75, 3.05) is 0 Å². The summed E-state index contributed by atoms with van der Waals surface area (Å²) in [6.45, 7) is 0. The number of benzene rings is 1. The van der Waals surface area contributed by atoms with Crippen molar-refractivity contribution in [1.29, 1.82) is 0 Å². The van der Waals surface area contributed by atoms with Crippen molar-refractivity contribution >= 4 is 37.8 Å². The largest absolute Gasteiger partial charge is 0.477 e. The van der Waals surface area contributed by atoms with Gasteiger partial charge >= 0.3 is 5.97 Å². The molecular formula is C10H5Br2FN2O2. The van der Waals surface area contributed by atoms with Crippen LogP contribution in [0.1, 0.15) is 10.5 Å². The van der Waals surface area contributed by atoms with Crippen LogP contribution in [0.5, 0.6) is 0 Å². The predicted molar refractivity (Wildman–Crippen MR) is 65.9 cm³/mol. The van der Waals surface area contributed by atoms with E-state index in [0.29, 0.717) is 14.6 Å². The van der Waals surface area contributed by atoms with Gasteiger partial charge in [-0.15, -0.1) is 0 Å². The highest BCUT2D eigenvalue weighted by Gasteiger charge is 2.17. The number of hydrogen-bond acceptors (Lipinski definition) is 2. The fourth-order valence-corrected chi connectivity index (χ4v) is 2.85. The maximum Gasteiger partial charge on any atom is 0.354 e. The normalized spacial score (nSPS) is 10.5. The van der Waals surface area contributed by atoms with Crippen molar-refractivity contribution in [3.8, 4) is 5.69 Å². The van der Waals surface area contributed by atoms with Gasteiger partial charge in [0.2, 0.25) is 0 Å². The smallest absolute Gasteiger partial charge is 0.354 e. The fraction of sp³-hybridized carbons (Fsp3) is 0. The standard InChI is InChI=1S/C10H5Br2FN2O2/c11-6-3-5(13)4-7(12)9(6)15-8(10(16)17)1-2-14-15/h1-4H,(H,16,17). The molecule has 0 saturated carbocycles. The lowest BCUT2D eigenvalue weighted by molar-refractivity contribution is 0.0687. The molecule has 17 heavy (non-hydrogen) atoms. The van der Waals surface area contributed by atoms with Crippen molar-refractivity contribution < 1.29 is 14.3 Å². The third-order valence-electron chi connectivity index (χ3n) is 2.06. The number of halogens is 3. The van der Waals surface area contributed by atoms with Crippen LogP contribution in [0.15, 0.2) is 33.3 Å². The minimum absolute atomic E-state index is 0.00184. The molecule has 2 rings (SSSR count). The number of carbonyl (C=O) groups is 1. The van der Waals surface area contributed by atoms with E-state index >= 15 is 0 Å². The number of aromatic nitrogens is 2. The molecule has 1 aromatic carbocycles. The van der Waals surface area contributed by atoms with Crippen molar-refractivity contribution in [3.05, 3.63) is 44.9 Å². The van der Waals surface area contributed by atoms with Crippen LogP contribution in [-0.4, -0.2) is 20.9 Å². The topological polar surface area (TPSA) is 55.1 Å². The summed E-state index contributed by atoms with van der Waals surface area (Å²) in [7, 11) is 0. The van der Waals surface area contributed by atoms with Crippen LogP contribution >= 0.6 is 31.9 Å². The lowest BCUT2D eigenvalue weighted by atomic mass is 10.3. The van der Waals surface area contributed by atoms with Gasteiger partial charge in [-0.05, 0) is 50.1 Å². The van der Waals surface area contributed by atoms with Gasteiger partial charge in [0.15, 0.2) is 5.69 Å². The molecule has 1 heterocycles. The Bertz CT molecular complexity index is 575. The van der Waals surface area contributed by atoms with Crippen LogP contribution < -0.4 is 0 Å². The number of hydrogen-bond donors (Lipinski definition) is 1. The molecular weight excluding hydrogens is 359 g/mol. The van der Waals surface area contributed by atoms with Gasteiger partial charge in [0.05, 0.1) is 11.9 Å². The van der Waals surface area contributed by atoms with E-state index in [-0.39, 0.29) is 5.69 Å². The predicted octanol–water partition coefficient (Wildman–Crippen LogP) is 3.23. The minimum atomic E-state index is -1.11. The molecule has 0 aliphatic heterocycles. The average Bonchev–Trinajstić information content (AvgIpc) is 2.64. The quantitative estimate of drug-likeness (QED) is 0.891. The van der Waals surface area contributed by atoms with Crippen molar-refractivity contribution in [2.24, 2.45) is 0 Å². The molecule has 0 bridgehead atoms. The third kappa shape index (κ3) is 2.25. The summed E-state index contributed by atoms with van der Waals surface area (Å²) in [4.78, 5) is 11.0. The summed E-state index contributed by atoms with van der Waals surface area (Å²) in [5.41, 5.74) is 0.437. The second kappa shape index (κ2) is 4.58. The Balaban J connectivity index is 2.69. The summed E-state index contributed by atoms with van der Waals surface area (Å²) < 4.78 is 15.1. The van der Waals surface area contributed by atoms with Crippen molar-refractivity contribution in [2.45, 2.75) is 0 Å². The van der Waals surface area contributed by atoms with E-state index in [1.165, 1.54) is 29.1 Å². The minimum Gasteiger partial charge on any atom is -0.477 e. The molecule has 1 N–H and O–H groups in total. The zero-order valence-corrected chi connectivity index (χ0v) is 11.4. The van der Waals surface area contributed by atoms with Gasteiger partial charge in [0, 0.05) is 8.95 Å². The number of rotatable bonds is 2. The van der Waals surface area contributed by atoms with E-state index in [1.54, 1.807) is 0 Å². The molecule has 0 atom stereocenters. The highest BCUT2D eigenvalue weighted by molar-refractivity contribution is 9.11. The lowest BCUT2D eigenvalue weighted by Crippen LogP contribution is -2.09. The number of carboxylic acids is 1.